The lowest BCUT2D eigenvalue weighted by molar-refractivity contribution is -0.123. The first kappa shape index (κ1) is 12.8. The van der Waals surface area contributed by atoms with E-state index in [-0.39, 0.29) is 17.6 Å². The molecule has 0 bridgehead atoms. The van der Waals surface area contributed by atoms with Crippen LogP contribution in [0.15, 0.2) is 24.0 Å². The van der Waals surface area contributed by atoms with E-state index in [0.29, 0.717) is 34.2 Å². The highest BCUT2D eigenvalue weighted by molar-refractivity contribution is 6.42. The van der Waals surface area contributed by atoms with E-state index in [1.54, 1.807) is 18.2 Å². The predicted molar refractivity (Wildman–Crippen MR) is 73.2 cm³/mol. The van der Waals surface area contributed by atoms with Gasteiger partial charge in [0.2, 0.25) is 5.78 Å². The second-order valence-corrected chi connectivity index (χ2v) is 5.91. The van der Waals surface area contributed by atoms with Crippen LogP contribution in [0.25, 0.3) is 0 Å². The molecule has 1 aromatic carbocycles. The number of ketones is 1. The molecule has 0 aromatic heterocycles. The van der Waals surface area contributed by atoms with Crippen LogP contribution in [0.3, 0.4) is 0 Å². The maximum absolute atomic E-state index is 12.3. The molecule has 1 heterocycles. The molecular weight excluding hydrogens is 287 g/mol. The van der Waals surface area contributed by atoms with Crippen LogP contribution in [0, 0.1) is 0 Å². The van der Waals surface area contributed by atoms with E-state index >= 15 is 0 Å². The fraction of sp³-hybridized carbons (Fsp3) is 0.357. The van der Waals surface area contributed by atoms with Gasteiger partial charge in [-0.05, 0) is 25.5 Å². The second-order valence-electron chi connectivity index (χ2n) is 5.10. The van der Waals surface area contributed by atoms with Crippen molar-refractivity contribution in [2.75, 3.05) is 0 Å². The molecule has 0 saturated heterocycles. The number of hydrogen-bond acceptors (Lipinski definition) is 3. The summed E-state index contributed by atoms with van der Waals surface area (Å²) in [5, 5.41) is 10.4. The largest absolute Gasteiger partial charge is 0.505 e. The van der Waals surface area contributed by atoms with Gasteiger partial charge in [0.25, 0.3) is 0 Å². The topological polar surface area (TPSA) is 46.5 Å². The number of rotatable bonds is 0. The molecule has 1 spiro atoms. The van der Waals surface area contributed by atoms with Crippen molar-refractivity contribution in [3.8, 4) is 5.75 Å². The van der Waals surface area contributed by atoms with Crippen LogP contribution >= 0.6 is 23.2 Å². The Morgan fingerprint density at radius 1 is 1.37 bits per heavy atom. The summed E-state index contributed by atoms with van der Waals surface area (Å²) < 4.78 is 5.74. The van der Waals surface area contributed by atoms with E-state index in [1.807, 2.05) is 6.92 Å². The summed E-state index contributed by atoms with van der Waals surface area (Å²) in [5.41, 5.74) is -0.0454. The van der Waals surface area contributed by atoms with Gasteiger partial charge < -0.3 is 9.84 Å². The molecule has 2 aliphatic rings. The molecule has 1 aliphatic carbocycles. The Labute approximate surface area is 120 Å². The number of fused-ring (bicyclic) bond motifs is 2. The summed E-state index contributed by atoms with van der Waals surface area (Å²) in [6.07, 6.45) is 2.44. The minimum atomic E-state index is -0.759. The third-order valence-electron chi connectivity index (χ3n) is 3.81. The van der Waals surface area contributed by atoms with E-state index in [2.05, 4.69) is 0 Å². The van der Waals surface area contributed by atoms with Crippen molar-refractivity contribution in [2.24, 2.45) is 0 Å². The fourth-order valence-corrected chi connectivity index (χ4v) is 3.29. The standard InChI is InChI=1S/C14H12Cl2O3/c1-7-6-14(3-2-11(17)13(14)18)8-4-9(15)10(16)5-12(8)19-7/h2,4-5,7,17H,3,6H2,1H3. The van der Waals surface area contributed by atoms with Gasteiger partial charge in [0, 0.05) is 18.1 Å². The summed E-state index contributed by atoms with van der Waals surface area (Å²) >= 11 is 12.0. The van der Waals surface area contributed by atoms with Crippen molar-refractivity contribution in [2.45, 2.75) is 31.3 Å². The van der Waals surface area contributed by atoms with E-state index in [0.717, 1.165) is 0 Å². The van der Waals surface area contributed by atoms with Crippen LogP contribution in [0.1, 0.15) is 25.3 Å². The van der Waals surface area contributed by atoms with E-state index in [9.17, 15) is 9.90 Å². The molecule has 0 saturated carbocycles. The number of Topliss-reactive ketones (excluding diaryl/α,β-unsaturated/α-hetero) is 1. The van der Waals surface area contributed by atoms with E-state index in [4.69, 9.17) is 27.9 Å². The van der Waals surface area contributed by atoms with Gasteiger partial charge in [-0.25, -0.2) is 0 Å². The second kappa shape index (κ2) is 4.15. The zero-order valence-electron chi connectivity index (χ0n) is 10.2. The van der Waals surface area contributed by atoms with E-state index < -0.39 is 5.41 Å². The third-order valence-corrected chi connectivity index (χ3v) is 4.54. The molecule has 2 unspecified atom stereocenters. The summed E-state index contributed by atoms with van der Waals surface area (Å²) in [6, 6.07) is 3.31. The number of aliphatic hydroxyl groups is 1. The minimum absolute atomic E-state index is 0.118. The van der Waals surface area contributed by atoms with Gasteiger partial charge in [-0.3, -0.25) is 4.79 Å². The maximum atomic E-state index is 12.3. The van der Waals surface area contributed by atoms with Gasteiger partial charge in [0.05, 0.1) is 21.6 Å². The molecule has 19 heavy (non-hydrogen) atoms. The quantitative estimate of drug-likeness (QED) is 0.792. The van der Waals surface area contributed by atoms with Crippen molar-refractivity contribution in [1.29, 1.82) is 0 Å². The first-order valence-corrected chi connectivity index (χ1v) is 6.80. The van der Waals surface area contributed by atoms with E-state index in [1.165, 1.54) is 0 Å². The van der Waals surface area contributed by atoms with Crippen molar-refractivity contribution < 1.29 is 14.6 Å². The molecule has 1 N–H and O–H groups in total. The number of halogens is 2. The highest BCUT2D eigenvalue weighted by Gasteiger charge is 2.50. The fourth-order valence-electron chi connectivity index (χ4n) is 2.97. The number of aliphatic hydroxyl groups excluding tert-OH is 1. The zero-order valence-corrected chi connectivity index (χ0v) is 11.8. The summed E-state index contributed by atoms with van der Waals surface area (Å²) in [6.45, 7) is 1.90. The molecule has 0 fully saturated rings. The van der Waals surface area contributed by atoms with Gasteiger partial charge >= 0.3 is 0 Å². The van der Waals surface area contributed by atoms with Crippen LogP contribution in [0.5, 0.6) is 5.75 Å². The number of hydrogen-bond donors (Lipinski definition) is 1. The first-order valence-electron chi connectivity index (χ1n) is 6.04. The first-order chi connectivity index (χ1) is 8.94. The molecule has 3 nitrogen and oxygen atoms in total. The SMILES string of the molecule is CC1CC2(CC=C(O)C2=O)c2cc(Cl)c(Cl)cc2O1. The zero-order chi connectivity index (χ0) is 13.8. The monoisotopic (exact) mass is 298 g/mol. The Bertz CT molecular complexity index is 609. The number of allylic oxidation sites excluding steroid dienone is 2. The molecule has 0 amide bonds. The van der Waals surface area contributed by atoms with Crippen LogP contribution < -0.4 is 4.74 Å². The Kier molecular flexibility index (Phi) is 2.80. The Hall–Kier alpha value is -1.19. The molecule has 1 aliphatic heterocycles. The van der Waals surface area contributed by atoms with Crippen LogP contribution in [0.4, 0.5) is 0 Å². The minimum Gasteiger partial charge on any atom is -0.505 e. The molecule has 0 radical (unpaired) electrons. The third kappa shape index (κ3) is 1.76. The van der Waals surface area contributed by atoms with Gasteiger partial charge in [0.1, 0.15) is 5.75 Å². The van der Waals surface area contributed by atoms with Crippen molar-refractivity contribution in [3.05, 3.63) is 39.6 Å². The summed E-state index contributed by atoms with van der Waals surface area (Å²) in [5.74, 6) is 0.137. The molecule has 3 rings (SSSR count). The van der Waals surface area contributed by atoms with Crippen molar-refractivity contribution in [1.82, 2.24) is 0 Å². The maximum Gasteiger partial charge on any atom is 0.207 e. The Balaban J connectivity index is 2.21. The number of carbonyl (C=O) groups excluding carboxylic acids is 1. The average Bonchev–Trinajstić information content (AvgIpc) is 2.62. The van der Waals surface area contributed by atoms with Gasteiger partial charge in [-0.15, -0.1) is 0 Å². The lowest BCUT2D eigenvalue weighted by Gasteiger charge is -2.37. The number of ether oxygens (including phenoxy) is 1. The predicted octanol–water partition coefficient (Wildman–Crippen LogP) is 3.82. The molecule has 1 aromatic rings. The smallest absolute Gasteiger partial charge is 0.207 e. The van der Waals surface area contributed by atoms with Crippen molar-refractivity contribution >= 4 is 29.0 Å². The van der Waals surface area contributed by atoms with Crippen LogP contribution in [0.2, 0.25) is 10.0 Å². The van der Waals surface area contributed by atoms with Crippen LogP contribution in [-0.2, 0) is 10.2 Å². The molecule has 5 heteroatoms. The highest BCUT2D eigenvalue weighted by atomic mass is 35.5. The van der Waals surface area contributed by atoms with Gasteiger partial charge in [-0.1, -0.05) is 23.2 Å². The lowest BCUT2D eigenvalue weighted by Crippen LogP contribution is -2.41. The van der Waals surface area contributed by atoms with Gasteiger partial charge in [-0.2, -0.15) is 0 Å². The number of carbonyl (C=O) groups is 1. The highest BCUT2D eigenvalue weighted by Crippen LogP contribution is 2.50. The summed E-state index contributed by atoms with van der Waals surface area (Å²) in [7, 11) is 0. The lowest BCUT2D eigenvalue weighted by atomic mass is 9.71. The van der Waals surface area contributed by atoms with Crippen molar-refractivity contribution in [3.63, 3.8) is 0 Å². The van der Waals surface area contributed by atoms with Crippen LogP contribution in [-0.4, -0.2) is 17.0 Å². The molecule has 100 valence electrons. The number of benzene rings is 1. The summed E-state index contributed by atoms with van der Waals surface area (Å²) in [4.78, 5) is 12.3. The average molecular weight is 299 g/mol. The normalized spacial score (nSPS) is 29.1. The molecule has 2 atom stereocenters. The van der Waals surface area contributed by atoms with Gasteiger partial charge in [0.15, 0.2) is 5.76 Å². The molecular formula is C14H12Cl2O3. The Morgan fingerprint density at radius 2 is 2.05 bits per heavy atom. The Morgan fingerprint density at radius 3 is 2.68 bits per heavy atom.